The van der Waals surface area contributed by atoms with Gasteiger partial charge in [0.15, 0.2) is 4.67 Å². The molecule has 0 spiro atoms. The molecule has 0 saturated heterocycles. The van der Waals surface area contributed by atoms with Crippen LogP contribution in [0, 0.1) is 0 Å². The van der Waals surface area contributed by atoms with Gasteiger partial charge in [-0.3, -0.25) is 0 Å². The average molecular weight is 311 g/mol. The first-order chi connectivity index (χ1) is 7.43. The fourth-order valence-electron chi connectivity index (χ4n) is 1.28. The Morgan fingerprint density at radius 3 is 2.62 bits per heavy atom. The summed E-state index contributed by atoms with van der Waals surface area (Å²) < 4.78 is 30.8. The third kappa shape index (κ3) is 2.65. The van der Waals surface area contributed by atoms with Crippen molar-refractivity contribution in [1.82, 2.24) is 4.31 Å². The molecule has 1 rings (SSSR count). The fourth-order valence-corrected chi connectivity index (χ4v) is 3.50. The highest BCUT2D eigenvalue weighted by molar-refractivity contribution is 9.10. The van der Waals surface area contributed by atoms with Crippen LogP contribution in [-0.4, -0.2) is 26.3 Å². The van der Waals surface area contributed by atoms with Gasteiger partial charge in [-0.05, 0) is 22.4 Å². The fraction of sp³-hybridized carbons (Fsp3) is 0.556. The van der Waals surface area contributed by atoms with E-state index in [-0.39, 0.29) is 16.1 Å². The van der Waals surface area contributed by atoms with Crippen LogP contribution in [-0.2, 0) is 16.6 Å². The van der Waals surface area contributed by atoms with E-state index in [0.717, 1.165) is 6.42 Å². The van der Waals surface area contributed by atoms with E-state index < -0.39 is 10.0 Å². The third-order valence-corrected chi connectivity index (χ3v) is 4.85. The number of hydrogen-bond donors (Lipinski definition) is 1. The molecule has 0 aliphatic heterocycles. The first-order valence-electron chi connectivity index (χ1n) is 4.88. The summed E-state index contributed by atoms with van der Waals surface area (Å²) in [5, 5.41) is 0. The predicted octanol–water partition coefficient (Wildman–Crippen LogP) is 1.53. The number of hydrogen-bond acceptors (Lipinski definition) is 4. The summed E-state index contributed by atoms with van der Waals surface area (Å²) in [6, 6.07) is 1.45. The molecule has 16 heavy (non-hydrogen) atoms. The Morgan fingerprint density at radius 2 is 2.19 bits per heavy atom. The lowest BCUT2D eigenvalue weighted by Crippen LogP contribution is -2.27. The molecule has 0 fully saturated rings. The molecule has 0 radical (unpaired) electrons. The zero-order valence-corrected chi connectivity index (χ0v) is 11.6. The maximum atomic E-state index is 12.1. The van der Waals surface area contributed by atoms with E-state index in [4.69, 9.17) is 10.2 Å². The van der Waals surface area contributed by atoms with Crippen LogP contribution >= 0.6 is 15.9 Å². The zero-order chi connectivity index (χ0) is 12.3. The minimum atomic E-state index is -3.48. The van der Waals surface area contributed by atoms with Crippen LogP contribution in [0.3, 0.4) is 0 Å². The van der Waals surface area contributed by atoms with Crippen molar-refractivity contribution in [3.8, 4) is 0 Å². The number of nitrogens with zero attached hydrogens (tertiary/aromatic N) is 1. The Bertz CT molecular complexity index is 455. The maximum Gasteiger partial charge on any atom is 0.247 e. The van der Waals surface area contributed by atoms with Gasteiger partial charge in [0.1, 0.15) is 10.7 Å². The Balaban J connectivity index is 3.11. The molecule has 92 valence electrons. The van der Waals surface area contributed by atoms with Gasteiger partial charge in [-0.2, -0.15) is 0 Å². The van der Waals surface area contributed by atoms with Crippen molar-refractivity contribution in [3.05, 3.63) is 16.5 Å². The largest absolute Gasteiger partial charge is 0.452 e. The summed E-state index contributed by atoms with van der Waals surface area (Å²) in [4.78, 5) is 0.129. The highest BCUT2D eigenvalue weighted by Crippen LogP contribution is 2.28. The van der Waals surface area contributed by atoms with Crippen molar-refractivity contribution in [1.29, 1.82) is 0 Å². The lowest BCUT2D eigenvalue weighted by molar-refractivity contribution is 0.459. The minimum absolute atomic E-state index is 0.129. The molecular formula is C9H15BrN2O3S. The van der Waals surface area contributed by atoms with Gasteiger partial charge in [-0.1, -0.05) is 6.92 Å². The van der Waals surface area contributed by atoms with Gasteiger partial charge >= 0.3 is 0 Å². The molecule has 2 N–H and O–H groups in total. The second-order valence-corrected chi connectivity index (χ2v) is 6.11. The Kier molecular flexibility index (Phi) is 4.54. The van der Waals surface area contributed by atoms with Crippen LogP contribution in [0.2, 0.25) is 0 Å². The van der Waals surface area contributed by atoms with Gasteiger partial charge in [0, 0.05) is 19.7 Å². The Morgan fingerprint density at radius 1 is 1.56 bits per heavy atom. The van der Waals surface area contributed by atoms with Crippen LogP contribution in [0.5, 0.6) is 0 Å². The van der Waals surface area contributed by atoms with E-state index in [1.165, 1.54) is 10.4 Å². The van der Waals surface area contributed by atoms with Gasteiger partial charge in [0.2, 0.25) is 10.0 Å². The first kappa shape index (κ1) is 13.7. The molecule has 0 aliphatic rings. The number of sulfonamides is 1. The quantitative estimate of drug-likeness (QED) is 0.894. The topological polar surface area (TPSA) is 76.5 Å². The van der Waals surface area contributed by atoms with E-state index in [9.17, 15) is 8.42 Å². The van der Waals surface area contributed by atoms with Crippen LogP contribution in [0.1, 0.15) is 19.1 Å². The molecule has 0 atom stereocenters. The molecule has 0 saturated carbocycles. The average Bonchev–Trinajstić information content (AvgIpc) is 2.60. The lowest BCUT2D eigenvalue weighted by Gasteiger charge is -2.14. The molecular weight excluding hydrogens is 296 g/mol. The minimum Gasteiger partial charge on any atom is -0.452 e. The summed E-state index contributed by atoms with van der Waals surface area (Å²) in [5.41, 5.74) is 5.39. The highest BCUT2D eigenvalue weighted by atomic mass is 79.9. The van der Waals surface area contributed by atoms with Crippen LogP contribution in [0.25, 0.3) is 0 Å². The molecule has 1 aromatic heterocycles. The SMILES string of the molecule is CCCN(C)S(=O)(=O)c1cc(CN)oc1Br. The van der Waals surface area contributed by atoms with Gasteiger partial charge < -0.3 is 10.2 Å². The van der Waals surface area contributed by atoms with Crippen LogP contribution < -0.4 is 5.73 Å². The van der Waals surface area contributed by atoms with Crippen molar-refractivity contribution in [2.75, 3.05) is 13.6 Å². The van der Waals surface area contributed by atoms with E-state index in [2.05, 4.69) is 15.9 Å². The zero-order valence-electron chi connectivity index (χ0n) is 9.23. The third-order valence-electron chi connectivity index (χ3n) is 2.13. The van der Waals surface area contributed by atoms with Gasteiger partial charge in [0.05, 0.1) is 6.54 Å². The normalized spacial score (nSPS) is 12.3. The Labute approximate surface area is 104 Å². The molecule has 7 heteroatoms. The van der Waals surface area contributed by atoms with Crippen molar-refractivity contribution < 1.29 is 12.8 Å². The molecule has 0 bridgehead atoms. The van der Waals surface area contributed by atoms with Gasteiger partial charge in [-0.15, -0.1) is 0 Å². The molecule has 0 aliphatic carbocycles. The monoisotopic (exact) mass is 310 g/mol. The molecule has 0 aromatic carbocycles. The van der Waals surface area contributed by atoms with Gasteiger partial charge in [-0.25, -0.2) is 12.7 Å². The summed E-state index contributed by atoms with van der Waals surface area (Å²) in [6.07, 6.45) is 0.759. The second kappa shape index (κ2) is 5.31. The second-order valence-electron chi connectivity index (χ2n) is 3.38. The standard InChI is InChI=1S/C9H15BrN2O3S/c1-3-4-12(2)16(13,14)8-5-7(6-11)15-9(8)10/h5H,3-4,6,11H2,1-2H3. The first-order valence-corrected chi connectivity index (χ1v) is 7.11. The van der Waals surface area contributed by atoms with E-state index >= 15 is 0 Å². The van der Waals surface area contributed by atoms with E-state index in [1.54, 1.807) is 7.05 Å². The Hall–Kier alpha value is -0.370. The lowest BCUT2D eigenvalue weighted by atomic mass is 10.5. The molecule has 1 heterocycles. The maximum absolute atomic E-state index is 12.1. The summed E-state index contributed by atoms with van der Waals surface area (Å²) >= 11 is 3.09. The van der Waals surface area contributed by atoms with Crippen molar-refractivity contribution >= 4 is 26.0 Å². The van der Waals surface area contributed by atoms with E-state index in [0.29, 0.717) is 12.3 Å². The number of furan rings is 1. The summed E-state index contributed by atoms with van der Waals surface area (Å²) in [6.45, 7) is 2.56. The van der Waals surface area contributed by atoms with Crippen LogP contribution in [0.4, 0.5) is 0 Å². The van der Waals surface area contributed by atoms with Crippen molar-refractivity contribution in [3.63, 3.8) is 0 Å². The number of rotatable bonds is 5. The van der Waals surface area contributed by atoms with Crippen LogP contribution in [0.15, 0.2) is 20.0 Å². The van der Waals surface area contributed by atoms with Crippen molar-refractivity contribution in [2.45, 2.75) is 24.8 Å². The number of nitrogens with two attached hydrogens (primary N) is 1. The number of halogens is 1. The summed E-state index contributed by atoms with van der Waals surface area (Å²) in [5.74, 6) is 0.440. The predicted molar refractivity (Wildman–Crippen MR) is 64.4 cm³/mol. The smallest absolute Gasteiger partial charge is 0.247 e. The molecule has 0 unspecified atom stereocenters. The summed E-state index contributed by atoms with van der Waals surface area (Å²) in [7, 11) is -1.94. The molecule has 5 nitrogen and oxygen atoms in total. The van der Waals surface area contributed by atoms with Gasteiger partial charge in [0.25, 0.3) is 0 Å². The van der Waals surface area contributed by atoms with E-state index in [1.807, 2.05) is 6.92 Å². The van der Waals surface area contributed by atoms with Crippen molar-refractivity contribution in [2.24, 2.45) is 5.73 Å². The molecule has 0 amide bonds. The molecule has 1 aromatic rings. The highest BCUT2D eigenvalue weighted by Gasteiger charge is 2.26.